The van der Waals surface area contributed by atoms with Crippen LogP contribution in [0, 0.1) is 0 Å². The Morgan fingerprint density at radius 2 is 1.97 bits per heavy atom. The van der Waals surface area contributed by atoms with Crippen LogP contribution in [0.4, 0.5) is 10.8 Å². The van der Waals surface area contributed by atoms with E-state index in [1.54, 1.807) is 6.08 Å². The molecule has 0 unspecified atom stereocenters. The fourth-order valence-corrected chi connectivity index (χ4v) is 3.41. The van der Waals surface area contributed by atoms with Crippen molar-refractivity contribution in [3.05, 3.63) is 59.8 Å². The molecule has 1 fully saturated rings. The second-order valence-corrected chi connectivity index (χ2v) is 7.46. The van der Waals surface area contributed by atoms with Gasteiger partial charge in [0, 0.05) is 25.4 Å². The van der Waals surface area contributed by atoms with Crippen molar-refractivity contribution < 1.29 is 18.7 Å². The number of para-hydroxylation sites is 2. The number of nitrogens with zero attached hydrogens (tertiary/aromatic N) is 2. The van der Waals surface area contributed by atoms with Crippen molar-refractivity contribution in [3.63, 3.8) is 0 Å². The van der Waals surface area contributed by atoms with Crippen LogP contribution < -0.4 is 15.0 Å². The molecule has 29 heavy (non-hydrogen) atoms. The van der Waals surface area contributed by atoms with Crippen LogP contribution in [0.1, 0.15) is 12.0 Å². The second kappa shape index (κ2) is 8.40. The highest BCUT2D eigenvalue weighted by Gasteiger charge is 2.25. The molecular formula is C21H19N3O4S. The Morgan fingerprint density at radius 3 is 2.69 bits per heavy atom. The van der Waals surface area contributed by atoms with Crippen LogP contribution in [0.25, 0.3) is 17.2 Å². The summed E-state index contributed by atoms with van der Waals surface area (Å²) in [5, 5.41) is 1.92. The Kier molecular flexibility index (Phi) is 5.53. The van der Waals surface area contributed by atoms with Crippen molar-refractivity contribution in [2.24, 2.45) is 0 Å². The first-order chi connectivity index (χ1) is 14.1. The van der Waals surface area contributed by atoms with E-state index in [-0.39, 0.29) is 10.4 Å². The maximum atomic E-state index is 11.6. The monoisotopic (exact) mass is 409 g/mol. The van der Waals surface area contributed by atoms with Gasteiger partial charge >= 0.3 is 0 Å². The molecule has 0 saturated carbocycles. The van der Waals surface area contributed by atoms with E-state index in [9.17, 15) is 9.59 Å². The molecule has 1 amide bonds. The normalized spacial score (nSPS) is 15.1. The number of fused-ring (bicyclic) bond motifs is 1. The summed E-state index contributed by atoms with van der Waals surface area (Å²) in [6.07, 6.45) is 2.46. The number of thioether (sulfide) groups is 1. The van der Waals surface area contributed by atoms with Crippen molar-refractivity contribution in [3.8, 4) is 5.75 Å². The van der Waals surface area contributed by atoms with Crippen LogP contribution in [0.2, 0.25) is 0 Å². The van der Waals surface area contributed by atoms with Gasteiger partial charge in [0.05, 0.1) is 12.3 Å². The average molecular weight is 409 g/mol. The van der Waals surface area contributed by atoms with Crippen molar-refractivity contribution in [2.75, 3.05) is 25.1 Å². The van der Waals surface area contributed by atoms with Gasteiger partial charge in [0.25, 0.3) is 11.3 Å². The summed E-state index contributed by atoms with van der Waals surface area (Å²) in [5.41, 5.74) is 2.74. The summed E-state index contributed by atoms with van der Waals surface area (Å²) in [5.74, 6) is 0.743. The van der Waals surface area contributed by atoms with Gasteiger partial charge in [-0.2, -0.15) is 4.98 Å². The van der Waals surface area contributed by atoms with Crippen molar-refractivity contribution in [2.45, 2.75) is 6.42 Å². The van der Waals surface area contributed by atoms with Gasteiger partial charge < -0.3 is 19.4 Å². The number of carbonyl (C=O) groups is 2. The number of anilines is 1. The summed E-state index contributed by atoms with van der Waals surface area (Å²) >= 11 is 0.669. The Bertz CT molecular complexity index is 1040. The summed E-state index contributed by atoms with van der Waals surface area (Å²) in [6, 6.07) is 15.6. The smallest absolute Gasteiger partial charge is 0.298 e. The number of amides is 1. The zero-order valence-electron chi connectivity index (χ0n) is 15.8. The summed E-state index contributed by atoms with van der Waals surface area (Å²) in [6.45, 7) is 1.30. The van der Waals surface area contributed by atoms with E-state index in [1.165, 1.54) is 0 Å². The first-order valence-corrected chi connectivity index (χ1v) is 9.94. The maximum Gasteiger partial charge on any atom is 0.298 e. The van der Waals surface area contributed by atoms with Crippen molar-refractivity contribution >= 4 is 45.3 Å². The summed E-state index contributed by atoms with van der Waals surface area (Å²) in [7, 11) is 1.94. The lowest BCUT2D eigenvalue weighted by Gasteiger charge is -2.14. The maximum absolute atomic E-state index is 11.6. The molecule has 1 aromatic heterocycles. The second-order valence-electron chi connectivity index (χ2n) is 6.52. The molecule has 148 valence electrons. The molecule has 1 aliphatic rings. The van der Waals surface area contributed by atoms with E-state index in [0.717, 1.165) is 35.4 Å². The number of nitrogens with one attached hydrogen (secondary N) is 1. The number of hydrogen-bond donors (Lipinski definition) is 1. The minimum atomic E-state index is -0.344. The fourth-order valence-electron chi connectivity index (χ4n) is 2.86. The van der Waals surface area contributed by atoms with Gasteiger partial charge in [-0.15, -0.1) is 0 Å². The van der Waals surface area contributed by atoms with Crippen LogP contribution in [-0.4, -0.2) is 35.5 Å². The quantitative estimate of drug-likeness (QED) is 0.465. The first kappa shape index (κ1) is 19.1. The van der Waals surface area contributed by atoms with E-state index in [0.29, 0.717) is 30.1 Å². The number of hydrogen-bond acceptors (Lipinski definition) is 7. The molecule has 1 saturated heterocycles. The molecule has 0 atom stereocenters. The van der Waals surface area contributed by atoms with E-state index in [4.69, 9.17) is 9.15 Å². The SMILES string of the molecule is CN(CCCOc1ccc(C=C2NC(=O)SC2=O)cc1)c1nc2ccccc2o1. The van der Waals surface area contributed by atoms with Crippen LogP contribution in [0.15, 0.2) is 58.6 Å². The van der Waals surface area contributed by atoms with Gasteiger partial charge in [-0.25, -0.2) is 0 Å². The van der Waals surface area contributed by atoms with Gasteiger partial charge in [-0.05, 0) is 42.3 Å². The summed E-state index contributed by atoms with van der Waals surface area (Å²) < 4.78 is 11.5. The standard InChI is InChI=1S/C21H19N3O4S/c1-24(20-22-16-5-2-3-6-18(16)28-20)11-4-12-27-15-9-7-14(8-10-15)13-17-19(25)29-21(26)23-17/h2-3,5-10,13H,4,11-12H2,1H3,(H,23,26). The largest absolute Gasteiger partial charge is 0.494 e. The number of carbonyl (C=O) groups excluding carboxylic acids is 2. The fraction of sp³-hybridized carbons (Fsp3) is 0.190. The third-order valence-electron chi connectivity index (χ3n) is 4.35. The molecule has 0 bridgehead atoms. The zero-order chi connectivity index (χ0) is 20.2. The molecule has 2 aromatic carbocycles. The molecule has 0 radical (unpaired) electrons. The van der Waals surface area contributed by atoms with E-state index in [1.807, 2.05) is 60.5 Å². The highest BCUT2D eigenvalue weighted by Crippen LogP contribution is 2.22. The number of rotatable bonds is 7. The van der Waals surface area contributed by atoms with E-state index >= 15 is 0 Å². The van der Waals surface area contributed by atoms with Crippen LogP contribution in [-0.2, 0) is 4.79 Å². The summed E-state index contributed by atoms with van der Waals surface area (Å²) in [4.78, 5) is 29.2. The predicted molar refractivity (Wildman–Crippen MR) is 113 cm³/mol. The number of ether oxygens (including phenoxy) is 1. The van der Waals surface area contributed by atoms with Crippen molar-refractivity contribution in [1.82, 2.24) is 10.3 Å². The third-order valence-corrected chi connectivity index (χ3v) is 5.04. The number of aromatic nitrogens is 1. The Morgan fingerprint density at radius 1 is 1.17 bits per heavy atom. The van der Waals surface area contributed by atoms with Gasteiger partial charge in [-0.3, -0.25) is 9.59 Å². The molecule has 4 rings (SSSR count). The molecule has 0 aliphatic carbocycles. The topological polar surface area (TPSA) is 84.7 Å². The number of benzene rings is 2. The lowest BCUT2D eigenvalue weighted by atomic mass is 10.2. The predicted octanol–water partition coefficient (Wildman–Crippen LogP) is 4.06. The van der Waals surface area contributed by atoms with Gasteiger partial charge in [0.2, 0.25) is 5.12 Å². The van der Waals surface area contributed by atoms with Crippen LogP contribution in [0.3, 0.4) is 0 Å². The zero-order valence-corrected chi connectivity index (χ0v) is 16.6. The van der Waals surface area contributed by atoms with Gasteiger partial charge in [0.15, 0.2) is 5.58 Å². The molecule has 8 heteroatoms. The average Bonchev–Trinajstić information content (AvgIpc) is 3.29. The van der Waals surface area contributed by atoms with Gasteiger partial charge in [-0.1, -0.05) is 24.3 Å². The minimum Gasteiger partial charge on any atom is -0.494 e. The molecule has 0 spiro atoms. The lowest BCUT2D eigenvalue weighted by Crippen LogP contribution is -2.20. The minimum absolute atomic E-state index is 0.265. The Balaban J connectivity index is 1.26. The Labute approximate surface area is 171 Å². The highest BCUT2D eigenvalue weighted by atomic mass is 32.2. The molecule has 1 aliphatic heterocycles. The lowest BCUT2D eigenvalue weighted by molar-refractivity contribution is -0.107. The van der Waals surface area contributed by atoms with E-state index < -0.39 is 0 Å². The third kappa shape index (κ3) is 4.60. The molecule has 7 nitrogen and oxygen atoms in total. The molecule has 1 N–H and O–H groups in total. The van der Waals surface area contributed by atoms with Crippen molar-refractivity contribution in [1.29, 1.82) is 0 Å². The van der Waals surface area contributed by atoms with Crippen LogP contribution in [0.5, 0.6) is 5.75 Å². The van der Waals surface area contributed by atoms with E-state index in [2.05, 4.69) is 10.3 Å². The number of oxazole rings is 1. The van der Waals surface area contributed by atoms with Crippen LogP contribution >= 0.6 is 11.8 Å². The molecular weight excluding hydrogens is 390 g/mol. The first-order valence-electron chi connectivity index (χ1n) is 9.13. The van der Waals surface area contributed by atoms with Gasteiger partial charge in [0.1, 0.15) is 11.3 Å². The highest BCUT2D eigenvalue weighted by molar-refractivity contribution is 8.27. The Hall–Kier alpha value is -3.26. The molecule has 3 aromatic rings. The molecule has 2 heterocycles.